The summed E-state index contributed by atoms with van der Waals surface area (Å²) < 4.78 is 12.0. The van der Waals surface area contributed by atoms with Crippen molar-refractivity contribution < 1.29 is 24.2 Å². The Morgan fingerprint density at radius 2 is 2.00 bits per heavy atom. The van der Waals surface area contributed by atoms with Crippen molar-refractivity contribution in [3.8, 4) is 11.5 Å². The Morgan fingerprint density at radius 1 is 1.21 bits per heavy atom. The van der Waals surface area contributed by atoms with Crippen molar-refractivity contribution in [2.45, 2.75) is 38.6 Å². The molecule has 2 aromatic heterocycles. The maximum atomic E-state index is 13.7. The van der Waals surface area contributed by atoms with E-state index in [4.69, 9.17) is 9.15 Å². The van der Waals surface area contributed by atoms with Gasteiger partial charge in [-0.15, -0.1) is 0 Å². The molecule has 2 N–H and O–H groups in total. The van der Waals surface area contributed by atoms with Crippen molar-refractivity contribution >= 4 is 27.8 Å². The van der Waals surface area contributed by atoms with Crippen LogP contribution in [0.15, 0.2) is 50.4 Å². The number of ether oxygens (including phenoxy) is 1. The average molecular weight is 461 g/mol. The van der Waals surface area contributed by atoms with Gasteiger partial charge in [0.2, 0.25) is 0 Å². The molecule has 174 valence electrons. The molecule has 0 fully saturated rings. The second kappa shape index (κ2) is 8.06. The number of phenolic OH excluding ortho intramolecular Hbond substituents is 2. The largest absolute Gasteiger partial charge is 0.504 e. The molecule has 0 aliphatic carbocycles. The number of rotatable bonds is 4. The third-order valence-electron chi connectivity index (χ3n) is 6.60. The number of nitrogens with zero attached hydrogens (tertiary/aromatic N) is 1. The Labute approximate surface area is 193 Å². The molecule has 34 heavy (non-hydrogen) atoms. The van der Waals surface area contributed by atoms with Gasteiger partial charge in [0.05, 0.1) is 19.0 Å². The molecule has 0 spiro atoms. The van der Waals surface area contributed by atoms with Crippen molar-refractivity contribution in [1.29, 1.82) is 0 Å². The Morgan fingerprint density at radius 3 is 2.76 bits per heavy atom. The molecule has 5 rings (SSSR count). The molecular weight excluding hydrogens is 438 g/mol. The van der Waals surface area contributed by atoms with Gasteiger partial charge < -0.3 is 23.9 Å². The third kappa shape index (κ3) is 3.34. The van der Waals surface area contributed by atoms with Crippen molar-refractivity contribution in [3.05, 3.63) is 79.4 Å². The summed E-state index contributed by atoms with van der Waals surface area (Å²) in [5, 5.41) is 22.6. The van der Waals surface area contributed by atoms with Crippen LogP contribution in [-0.4, -0.2) is 27.9 Å². The SMILES string of the molecule is COC(=O)CC(c1cc2cccc3c2n(c1=O)CCC3)c1c(O)c(O)cc2c(C)cc(=O)oc12. The van der Waals surface area contributed by atoms with Gasteiger partial charge in [-0.3, -0.25) is 9.59 Å². The normalized spacial score (nSPS) is 13.8. The van der Waals surface area contributed by atoms with E-state index in [0.717, 1.165) is 29.3 Å². The number of aromatic nitrogens is 1. The first kappa shape index (κ1) is 21.8. The maximum absolute atomic E-state index is 13.7. The van der Waals surface area contributed by atoms with Crippen molar-refractivity contribution in [1.82, 2.24) is 4.57 Å². The van der Waals surface area contributed by atoms with Gasteiger partial charge in [0.15, 0.2) is 11.5 Å². The average Bonchev–Trinajstić information content (AvgIpc) is 2.82. The summed E-state index contributed by atoms with van der Waals surface area (Å²) in [5.41, 5.74) is 1.75. The Kier molecular flexibility index (Phi) is 5.16. The lowest BCUT2D eigenvalue weighted by Gasteiger charge is -2.24. The first-order chi connectivity index (χ1) is 16.3. The van der Waals surface area contributed by atoms with Gasteiger partial charge in [0.25, 0.3) is 5.56 Å². The highest BCUT2D eigenvalue weighted by Crippen LogP contribution is 2.44. The quantitative estimate of drug-likeness (QED) is 0.271. The Hall–Kier alpha value is -4.07. The summed E-state index contributed by atoms with van der Waals surface area (Å²) in [6.45, 7) is 2.19. The molecule has 0 bridgehead atoms. The van der Waals surface area contributed by atoms with Crippen LogP contribution in [0.5, 0.6) is 11.5 Å². The zero-order valence-electron chi connectivity index (χ0n) is 18.8. The minimum atomic E-state index is -1.03. The molecule has 4 aromatic rings. The highest BCUT2D eigenvalue weighted by atomic mass is 16.5. The summed E-state index contributed by atoms with van der Waals surface area (Å²) in [4.78, 5) is 38.4. The summed E-state index contributed by atoms with van der Waals surface area (Å²) in [6, 6.07) is 10.1. The van der Waals surface area contributed by atoms with E-state index in [1.807, 2.05) is 18.2 Å². The number of pyridine rings is 1. The number of carbonyl (C=O) groups excluding carboxylic acids is 1. The second-order valence-corrected chi connectivity index (χ2v) is 8.63. The molecule has 8 heteroatoms. The van der Waals surface area contributed by atoms with Crippen LogP contribution < -0.4 is 11.2 Å². The molecule has 3 heterocycles. The van der Waals surface area contributed by atoms with E-state index < -0.39 is 29.0 Å². The van der Waals surface area contributed by atoms with Crippen LogP contribution in [-0.2, 0) is 22.5 Å². The monoisotopic (exact) mass is 461 g/mol. The molecule has 1 unspecified atom stereocenters. The number of benzene rings is 2. The summed E-state index contributed by atoms with van der Waals surface area (Å²) >= 11 is 0. The van der Waals surface area contributed by atoms with Gasteiger partial charge in [-0.05, 0) is 48.4 Å². The fourth-order valence-electron chi connectivity index (χ4n) is 5.03. The molecule has 0 saturated heterocycles. The predicted molar refractivity (Wildman–Crippen MR) is 126 cm³/mol. The van der Waals surface area contributed by atoms with Crippen LogP contribution in [0.2, 0.25) is 0 Å². The zero-order valence-corrected chi connectivity index (χ0v) is 18.8. The zero-order chi connectivity index (χ0) is 24.1. The first-order valence-corrected chi connectivity index (χ1v) is 11.0. The number of methoxy groups -OCH3 is 1. The van der Waals surface area contributed by atoms with E-state index in [0.29, 0.717) is 17.5 Å². The lowest BCUT2D eigenvalue weighted by molar-refractivity contribution is -0.140. The van der Waals surface area contributed by atoms with Gasteiger partial charge >= 0.3 is 11.6 Å². The van der Waals surface area contributed by atoms with E-state index in [1.165, 1.54) is 19.2 Å². The van der Waals surface area contributed by atoms with E-state index in [2.05, 4.69) is 0 Å². The highest BCUT2D eigenvalue weighted by molar-refractivity contribution is 5.90. The van der Waals surface area contributed by atoms with Gasteiger partial charge in [-0.1, -0.05) is 18.2 Å². The number of hydrogen-bond acceptors (Lipinski definition) is 7. The molecular formula is C26H23NO7. The Bertz CT molecular complexity index is 1600. The highest BCUT2D eigenvalue weighted by Gasteiger charge is 2.31. The van der Waals surface area contributed by atoms with E-state index in [1.54, 1.807) is 17.6 Å². The smallest absolute Gasteiger partial charge is 0.336 e. The van der Waals surface area contributed by atoms with Crippen LogP contribution in [0.25, 0.3) is 21.9 Å². The van der Waals surface area contributed by atoms with Gasteiger partial charge in [-0.2, -0.15) is 0 Å². The van der Waals surface area contributed by atoms with Crippen molar-refractivity contribution in [3.63, 3.8) is 0 Å². The van der Waals surface area contributed by atoms with E-state index >= 15 is 0 Å². The van der Waals surface area contributed by atoms with Crippen LogP contribution in [0.1, 0.15) is 41.0 Å². The molecule has 8 nitrogen and oxygen atoms in total. The summed E-state index contributed by atoms with van der Waals surface area (Å²) in [7, 11) is 1.23. The van der Waals surface area contributed by atoms with Gasteiger partial charge in [-0.25, -0.2) is 4.79 Å². The minimum absolute atomic E-state index is 0.00239. The van der Waals surface area contributed by atoms with Gasteiger partial charge in [0.1, 0.15) is 5.58 Å². The molecule has 1 aliphatic heterocycles. The fraction of sp³-hybridized carbons (Fsp3) is 0.269. The van der Waals surface area contributed by atoms with Crippen molar-refractivity contribution in [2.75, 3.05) is 7.11 Å². The number of aromatic hydroxyl groups is 2. The predicted octanol–water partition coefficient (Wildman–Crippen LogP) is 3.47. The molecule has 0 saturated carbocycles. The number of fused-ring (bicyclic) bond motifs is 1. The second-order valence-electron chi connectivity index (χ2n) is 8.63. The van der Waals surface area contributed by atoms with Crippen LogP contribution >= 0.6 is 0 Å². The Balaban J connectivity index is 1.89. The van der Waals surface area contributed by atoms with E-state index in [9.17, 15) is 24.6 Å². The molecule has 1 atom stereocenters. The molecule has 2 aromatic carbocycles. The molecule has 0 amide bonds. The number of phenols is 2. The number of aryl methyl sites for hydroxylation is 3. The lowest BCUT2D eigenvalue weighted by atomic mass is 9.85. The third-order valence-corrected chi connectivity index (χ3v) is 6.60. The standard InChI is InChI=1S/C26H23NO7/c1-13-9-21(30)34-25-16(13)11-19(28)24(31)22(25)17(12-20(29)33-2)18-10-15-6-3-5-14-7-4-8-27(23(14)15)26(18)32/h3,5-6,9-11,17,28,31H,4,7-8,12H2,1-2H3. The van der Waals surface area contributed by atoms with Gasteiger partial charge in [0, 0.05) is 35.0 Å². The number of para-hydroxylation sites is 1. The van der Waals surface area contributed by atoms with Crippen LogP contribution in [0.3, 0.4) is 0 Å². The summed E-state index contributed by atoms with van der Waals surface area (Å²) in [5.74, 6) is -2.65. The fourth-order valence-corrected chi connectivity index (χ4v) is 5.03. The molecule has 0 radical (unpaired) electrons. The number of hydrogen-bond donors (Lipinski definition) is 2. The van der Waals surface area contributed by atoms with Crippen LogP contribution in [0, 0.1) is 6.92 Å². The van der Waals surface area contributed by atoms with Crippen molar-refractivity contribution in [2.24, 2.45) is 0 Å². The topological polar surface area (TPSA) is 119 Å². The van der Waals surface area contributed by atoms with Crippen LogP contribution in [0.4, 0.5) is 0 Å². The lowest BCUT2D eigenvalue weighted by Crippen LogP contribution is -2.30. The minimum Gasteiger partial charge on any atom is -0.504 e. The first-order valence-electron chi connectivity index (χ1n) is 11.0. The number of carbonyl (C=O) groups is 1. The molecule has 1 aliphatic rings. The van der Waals surface area contributed by atoms with E-state index in [-0.39, 0.29) is 28.7 Å². The maximum Gasteiger partial charge on any atom is 0.336 e. The number of esters is 1. The summed E-state index contributed by atoms with van der Waals surface area (Å²) in [6.07, 6.45) is 1.36.